The van der Waals surface area contributed by atoms with Crippen LogP contribution in [0, 0.1) is 5.92 Å². The third kappa shape index (κ3) is 4.84. The van der Waals surface area contributed by atoms with E-state index in [0.717, 1.165) is 11.1 Å². The molecular weight excluding hydrogens is 512 g/mol. The molecule has 1 aromatic heterocycles. The second-order valence-electron chi connectivity index (χ2n) is 10.5. The highest BCUT2D eigenvalue weighted by Crippen LogP contribution is 2.42. The van der Waals surface area contributed by atoms with Gasteiger partial charge in [0.2, 0.25) is 0 Å². The molecule has 1 saturated heterocycles. The van der Waals surface area contributed by atoms with Crippen LogP contribution in [0.2, 0.25) is 0 Å². The number of carbonyl (C=O) groups is 1. The van der Waals surface area contributed by atoms with Crippen LogP contribution in [0.4, 0.5) is 4.79 Å². The van der Waals surface area contributed by atoms with E-state index in [9.17, 15) is 15.0 Å². The van der Waals surface area contributed by atoms with Gasteiger partial charge in [0.25, 0.3) is 0 Å². The van der Waals surface area contributed by atoms with Crippen molar-refractivity contribution in [3.8, 4) is 0 Å². The van der Waals surface area contributed by atoms with E-state index in [0.29, 0.717) is 37.1 Å². The molecular formula is C34H32N4O3. The summed E-state index contributed by atoms with van der Waals surface area (Å²) >= 11 is 0. The van der Waals surface area contributed by atoms with Crippen LogP contribution in [0.1, 0.15) is 40.8 Å². The molecule has 0 unspecified atom stereocenters. The molecule has 0 bridgehead atoms. The second kappa shape index (κ2) is 11.1. The Morgan fingerprint density at radius 2 is 1.07 bits per heavy atom. The molecule has 6 rings (SSSR count). The molecule has 0 radical (unpaired) electrons. The molecule has 0 spiro atoms. The van der Waals surface area contributed by atoms with Crippen molar-refractivity contribution in [2.75, 3.05) is 13.1 Å². The van der Waals surface area contributed by atoms with Crippen molar-refractivity contribution in [3.05, 3.63) is 155 Å². The Labute approximate surface area is 239 Å². The summed E-state index contributed by atoms with van der Waals surface area (Å²) in [5, 5.41) is 32.6. The van der Waals surface area contributed by atoms with E-state index in [1.54, 1.807) is 4.90 Å². The van der Waals surface area contributed by atoms with Gasteiger partial charge in [-0.25, -0.2) is 4.79 Å². The van der Waals surface area contributed by atoms with E-state index in [4.69, 9.17) is 0 Å². The summed E-state index contributed by atoms with van der Waals surface area (Å²) in [6, 6.07) is 37.7. The minimum absolute atomic E-state index is 0.0797. The lowest BCUT2D eigenvalue weighted by Crippen LogP contribution is -2.47. The molecule has 1 aliphatic rings. The Morgan fingerprint density at radius 3 is 1.51 bits per heavy atom. The summed E-state index contributed by atoms with van der Waals surface area (Å²) in [5.74, 6) is -0.0797. The Balaban J connectivity index is 1.24. The average Bonchev–Trinajstić information content (AvgIpc) is 3.56. The average molecular weight is 545 g/mol. The summed E-state index contributed by atoms with van der Waals surface area (Å²) in [6.07, 6.45) is 2.75. The van der Waals surface area contributed by atoms with Gasteiger partial charge >= 0.3 is 6.03 Å². The van der Waals surface area contributed by atoms with E-state index in [-0.39, 0.29) is 17.6 Å². The summed E-state index contributed by atoms with van der Waals surface area (Å²) < 4.78 is 1.20. The molecule has 0 saturated carbocycles. The van der Waals surface area contributed by atoms with Gasteiger partial charge in [0.05, 0.1) is 6.20 Å². The molecule has 1 fully saturated rings. The molecule has 7 nitrogen and oxygen atoms in total. The molecule has 7 heteroatoms. The summed E-state index contributed by atoms with van der Waals surface area (Å²) in [6.45, 7) is 0.921. The molecule has 2 N–H and O–H groups in total. The number of nitrogens with zero attached hydrogens (tertiary/aromatic N) is 4. The maximum atomic E-state index is 13.6. The summed E-state index contributed by atoms with van der Waals surface area (Å²) in [5.41, 5.74) is 0.479. The lowest BCUT2D eigenvalue weighted by Gasteiger charge is -2.42. The third-order valence-corrected chi connectivity index (χ3v) is 8.23. The zero-order valence-electron chi connectivity index (χ0n) is 22.6. The first-order valence-electron chi connectivity index (χ1n) is 13.9. The van der Waals surface area contributed by atoms with E-state index in [1.165, 1.54) is 10.9 Å². The fraction of sp³-hybridized carbons (Fsp3) is 0.206. The van der Waals surface area contributed by atoms with Gasteiger partial charge in [0.1, 0.15) is 11.3 Å². The minimum Gasteiger partial charge on any atom is -0.380 e. The van der Waals surface area contributed by atoms with Crippen LogP contribution < -0.4 is 0 Å². The Hall–Kier alpha value is -4.59. The fourth-order valence-electron chi connectivity index (χ4n) is 6.00. The summed E-state index contributed by atoms with van der Waals surface area (Å²) in [7, 11) is 0. The number of aliphatic hydroxyl groups is 2. The number of amides is 1. The number of benzene rings is 4. The fourth-order valence-corrected chi connectivity index (χ4v) is 6.00. The van der Waals surface area contributed by atoms with Gasteiger partial charge in [-0.2, -0.15) is 4.68 Å². The standard InChI is InChI=1S/C34H32N4O3/c39-32(38-25-31(35-36-38)34(41,28-17-9-3-10-18-28)29-19-11-4-12-20-29)37-23-21-30(22-24-37)33(40,26-13-5-1-6-14-26)27-15-7-2-8-16-27/h1-20,25,30,40-41H,21-24H2. The van der Waals surface area contributed by atoms with Crippen LogP contribution in [-0.4, -0.2) is 49.2 Å². The van der Waals surface area contributed by atoms with Crippen molar-refractivity contribution in [1.82, 2.24) is 19.9 Å². The molecule has 2 heterocycles. The molecule has 5 aromatic rings. The van der Waals surface area contributed by atoms with Crippen molar-refractivity contribution in [2.24, 2.45) is 5.92 Å². The van der Waals surface area contributed by atoms with Crippen molar-refractivity contribution in [3.63, 3.8) is 0 Å². The number of carbonyl (C=O) groups excluding carboxylic acids is 1. The molecule has 4 aromatic carbocycles. The van der Waals surface area contributed by atoms with Crippen LogP contribution >= 0.6 is 0 Å². The molecule has 0 aliphatic carbocycles. The van der Waals surface area contributed by atoms with Gasteiger partial charge in [-0.15, -0.1) is 5.10 Å². The van der Waals surface area contributed by atoms with Gasteiger partial charge in [-0.1, -0.05) is 127 Å². The Morgan fingerprint density at radius 1 is 0.659 bits per heavy atom. The number of hydrogen-bond acceptors (Lipinski definition) is 5. The van der Waals surface area contributed by atoms with Crippen molar-refractivity contribution >= 4 is 6.03 Å². The topological polar surface area (TPSA) is 91.5 Å². The van der Waals surface area contributed by atoms with Gasteiger partial charge in [0.15, 0.2) is 5.60 Å². The first-order valence-corrected chi connectivity index (χ1v) is 13.9. The monoisotopic (exact) mass is 544 g/mol. The molecule has 0 atom stereocenters. The lowest BCUT2D eigenvalue weighted by molar-refractivity contribution is -0.00932. The van der Waals surface area contributed by atoms with Crippen LogP contribution in [0.25, 0.3) is 0 Å². The largest absolute Gasteiger partial charge is 0.380 e. The van der Waals surface area contributed by atoms with Crippen LogP contribution in [0.15, 0.2) is 128 Å². The van der Waals surface area contributed by atoms with Crippen LogP contribution in [0.3, 0.4) is 0 Å². The van der Waals surface area contributed by atoms with Crippen molar-refractivity contribution in [2.45, 2.75) is 24.0 Å². The van der Waals surface area contributed by atoms with E-state index in [1.807, 2.05) is 121 Å². The number of likely N-dealkylation sites (tertiary alicyclic amines) is 1. The molecule has 1 aliphatic heterocycles. The van der Waals surface area contributed by atoms with E-state index < -0.39 is 11.2 Å². The van der Waals surface area contributed by atoms with Crippen molar-refractivity contribution < 1.29 is 15.0 Å². The normalized spacial score (nSPS) is 14.6. The highest BCUT2D eigenvalue weighted by Gasteiger charge is 2.43. The predicted octanol–water partition coefficient (Wildman–Crippen LogP) is 5.18. The second-order valence-corrected chi connectivity index (χ2v) is 10.5. The van der Waals surface area contributed by atoms with E-state index >= 15 is 0 Å². The number of hydrogen-bond donors (Lipinski definition) is 2. The Bertz CT molecular complexity index is 1500. The van der Waals surface area contributed by atoms with Gasteiger partial charge in [-0.3, -0.25) is 0 Å². The minimum atomic E-state index is -1.57. The highest BCUT2D eigenvalue weighted by molar-refractivity contribution is 5.76. The lowest BCUT2D eigenvalue weighted by atomic mass is 9.72. The zero-order valence-corrected chi connectivity index (χ0v) is 22.6. The molecule has 206 valence electrons. The first-order chi connectivity index (χ1) is 20.0. The zero-order chi connectivity index (χ0) is 28.3. The van der Waals surface area contributed by atoms with Crippen molar-refractivity contribution in [1.29, 1.82) is 0 Å². The Kier molecular flexibility index (Phi) is 7.22. The number of aromatic nitrogens is 3. The first kappa shape index (κ1) is 26.6. The van der Waals surface area contributed by atoms with Crippen LogP contribution in [-0.2, 0) is 11.2 Å². The predicted molar refractivity (Wildman–Crippen MR) is 156 cm³/mol. The van der Waals surface area contributed by atoms with Gasteiger partial charge in [-0.05, 0) is 41.0 Å². The number of piperidine rings is 1. The number of rotatable bonds is 6. The third-order valence-electron chi connectivity index (χ3n) is 8.23. The smallest absolute Gasteiger partial charge is 0.346 e. The summed E-state index contributed by atoms with van der Waals surface area (Å²) in [4.78, 5) is 15.3. The van der Waals surface area contributed by atoms with E-state index in [2.05, 4.69) is 10.3 Å². The SMILES string of the molecule is O=C(N1CCC(C(O)(c2ccccc2)c2ccccc2)CC1)n1cc(C(O)(c2ccccc2)c2ccccc2)nn1. The quantitative estimate of drug-likeness (QED) is 0.308. The maximum Gasteiger partial charge on any atom is 0.346 e. The van der Waals surface area contributed by atoms with Gasteiger partial charge < -0.3 is 15.1 Å². The van der Waals surface area contributed by atoms with Crippen LogP contribution in [0.5, 0.6) is 0 Å². The highest BCUT2D eigenvalue weighted by atomic mass is 16.3. The molecule has 1 amide bonds. The van der Waals surface area contributed by atoms with Gasteiger partial charge in [0, 0.05) is 13.1 Å². The molecule has 41 heavy (non-hydrogen) atoms. The maximum absolute atomic E-state index is 13.6.